The zero-order valence-corrected chi connectivity index (χ0v) is 15.2. The van der Waals surface area contributed by atoms with Crippen molar-refractivity contribution >= 4 is 33.9 Å². The number of ether oxygens (including phenoxy) is 1. The Kier molecular flexibility index (Phi) is 5.24. The second kappa shape index (κ2) is 7.58. The van der Waals surface area contributed by atoms with Gasteiger partial charge in [-0.2, -0.15) is 5.26 Å². The van der Waals surface area contributed by atoms with E-state index in [-0.39, 0.29) is 0 Å². The molecular formula is C19H19N3O3S. The number of nitriles is 1. The first-order valence-electron chi connectivity index (χ1n) is 8.41. The Labute approximate surface area is 155 Å². The van der Waals surface area contributed by atoms with Gasteiger partial charge in [0, 0.05) is 10.6 Å². The van der Waals surface area contributed by atoms with Gasteiger partial charge in [0.15, 0.2) is 6.10 Å². The number of benzene rings is 1. The number of aryl methyl sites for hydroxylation is 1. The lowest BCUT2D eigenvalue weighted by Gasteiger charge is -2.13. The Morgan fingerprint density at radius 3 is 2.65 bits per heavy atom. The van der Waals surface area contributed by atoms with Gasteiger partial charge in [-0.3, -0.25) is 4.79 Å². The lowest BCUT2D eigenvalue weighted by molar-refractivity contribution is -0.123. The fraction of sp³-hybridized carbons (Fsp3) is 0.316. The third kappa shape index (κ3) is 3.70. The summed E-state index contributed by atoms with van der Waals surface area (Å²) in [7, 11) is 0. The van der Waals surface area contributed by atoms with Crippen LogP contribution in [0, 0.1) is 11.3 Å². The second-order valence-corrected chi connectivity index (χ2v) is 7.29. The first kappa shape index (κ1) is 18.0. The van der Waals surface area contributed by atoms with Crippen LogP contribution in [0.4, 0.5) is 10.7 Å². The fourth-order valence-corrected chi connectivity index (χ4v) is 4.13. The second-order valence-electron chi connectivity index (χ2n) is 6.19. The van der Waals surface area contributed by atoms with Crippen molar-refractivity contribution in [3.8, 4) is 6.07 Å². The van der Waals surface area contributed by atoms with Crippen molar-refractivity contribution in [2.75, 3.05) is 11.1 Å². The van der Waals surface area contributed by atoms with Gasteiger partial charge in [0.2, 0.25) is 0 Å². The standard InChI is InChI=1S/C19H19N3O3S/c1-11(25-19(24)12-6-8-13(21)9-7-12)17(23)22-18-15(10-20)14-4-2-3-5-16(14)26-18/h6-9,11H,2-5,21H2,1H3,(H,22,23). The summed E-state index contributed by atoms with van der Waals surface area (Å²) in [6.07, 6.45) is 2.98. The van der Waals surface area contributed by atoms with Crippen molar-refractivity contribution in [2.24, 2.45) is 0 Å². The SMILES string of the molecule is CC(OC(=O)c1ccc(N)cc1)C(=O)Nc1sc2c(c1C#N)CCCC2. The molecule has 6 nitrogen and oxygen atoms in total. The molecule has 26 heavy (non-hydrogen) atoms. The molecule has 1 aromatic heterocycles. The Bertz CT molecular complexity index is 881. The van der Waals surface area contributed by atoms with E-state index in [9.17, 15) is 14.9 Å². The lowest BCUT2D eigenvalue weighted by atomic mass is 9.96. The normalized spacial score (nSPS) is 14.0. The zero-order chi connectivity index (χ0) is 18.7. The van der Waals surface area contributed by atoms with E-state index in [1.165, 1.54) is 18.3 Å². The molecule has 1 aliphatic carbocycles. The van der Waals surface area contributed by atoms with Crippen molar-refractivity contribution in [1.29, 1.82) is 5.26 Å². The Morgan fingerprint density at radius 1 is 1.27 bits per heavy atom. The molecule has 0 aliphatic heterocycles. The minimum atomic E-state index is -0.981. The third-order valence-corrected chi connectivity index (χ3v) is 5.53. The smallest absolute Gasteiger partial charge is 0.338 e. The van der Waals surface area contributed by atoms with E-state index >= 15 is 0 Å². The van der Waals surface area contributed by atoms with Crippen LogP contribution in [0.25, 0.3) is 0 Å². The zero-order valence-electron chi connectivity index (χ0n) is 14.4. The average molecular weight is 369 g/mol. The van der Waals surface area contributed by atoms with Gasteiger partial charge < -0.3 is 15.8 Å². The molecule has 1 unspecified atom stereocenters. The third-order valence-electron chi connectivity index (χ3n) is 4.32. The summed E-state index contributed by atoms with van der Waals surface area (Å²) >= 11 is 1.44. The molecule has 3 rings (SSSR count). The molecule has 3 N–H and O–H groups in total. The van der Waals surface area contributed by atoms with Crippen LogP contribution in [0.2, 0.25) is 0 Å². The highest BCUT2D eigenvalue weighted by Crippen LogP contribution is 2.37. The summed E-state index contributed by atoms with van der Waals surface area (Å²) in [4.78, 5) is 25.7. The maximum atomic E-state index is 12.4. The molecule has 0 fully saturated rings. The van der Waals surface area contributed by atoms with E-state index in [1.54, 1.807) is 24.3 Å². The number of nitrogens with two attached hydrogens (primary N) is 1. The molecule has 7 heteroatoms. The van der Waals surface area contributed by atoms with Crippen molar-refractivity contribution in [3.63, 3.8) is 0 Å². The summed E-state index contributed by atoms with van der Waals surface area (Å²) in [5.74, 6) is -1.05. The van der Waals surface area contributed by atoms with Crippen molar-refractivity contribution in [2.45, 2.75) is 38.7 Å². The van der Waals surface area contributed by atoms with E-state index in [2.05, 4.69) is 11.4 Å². The predicted octanol–water partition coefficient (Wildman–Crippen LogP) is 3.26. The number of nitrogens with zero attached hydrogens (tertiary/aromatic N) is 1. The minimum Gasteiger partial charge on any atom is -0.449 e. The van der Waals surface area contributed by atoms with E-state index in [0.29, 0.717) is 21.8 Å². The first-order valence-corrected chi connectivity index (χ1v) is 9.23. The van der Waals surface area contributed by atoms with E-state index in [0.717, 1.165) is 36.1 Å². The molecule has 134 valence electrons. The summed E-state index contributed by atoms with van der Waals surface area (Å²) in [6, 6.07) is 8.47. The molecule has 1 amide bonds. The first-order chi connectivity index (χ1) is 12.5. The molecule has 0 saturated heterocycles. The van der Waals surface area contributed by atoms with Crippen LogP contribution in [0.1, 0.15) is 46.1 Å². The van der Waals surface area contributed by atoms with E-state index in [1.807, 2.05) is 0 Å². The largest absolute Gasteiger partial charge is 0.449 e. The van der Waals surface area contributed by atoms with Gasteiger partial charge in [0.1, 0.15) is 11.1 Å². The monoisotopic (exact) mass is 369 g/mol. The number of carbonyl (C=O) groups is 2. The van der Waals surface area contributed by atoms with Crippen LogP contribution in [0.15, 0.2) is 24.3 Å². The number of hydrogen-bond donors (Lipinski definition) is 2. The van der Waals surface area contributed by atoms with Crippen LogP contribution in [0.5, 0.6) is 0 Å². The number of fused-ring (bicyclic) bond motifs is 1. The molecule has 0 bridgehead atoms. The maximum absolute atomic E-state index is 12.4. The molecule has 0 radical (unpaired) electrons. The lowest BCUT2D eigenvalue weighted by Crippen LogP contribution is -2.30. The number of anilines is 2. The van der Waals surface area contributed by atoms with Gasteiger partial charge in [0.25, 0.3) is 5.91 Å². The Balaban J connectivity index is 1.68. The van der Waals surface area contributed by atoms with E-state index in [4.69, 9.17) is 10.5 Å². The number of rotatable bonds is 4. The summed E-state index contributed by atoms with van der Waals surface area (Å²) in [5, 5.41) is 12.7. The Morgan fingerprint density at radius 2 is 1.96 bits per heavy atom. The number of nitrogens with one attached hydrogen (secondary N) is 1. The Hall–Kier alpha value is -2.85. The predicted molar refractivity (Wildman–Crippen MR) is 100 cm³/mol. The van der Waals surface area contributed by atoms with Gasteiger partial charge in [-0.25, -0.2) is 4.79 Å². The van der Waals surface area contributed by atoms with Gasteiger partial charge in [-0.1, -0.05) is 0 Å². The molecule has 1 aromatic carbocycles. The highest BCUT2D eigenvalue weighted by Gasteiger charge is 2.24. The number of amides is 1. The maximum Gasteiger partial charge on any atom is 0.338 e. The summed E-state index contributed by atoms with van der Waals surface area (Å²) in [6.45, 7) is 1.50. The number of carbonyl (C=O) groups excluding carboxylic acids is 2. The number of nitrogen functional groups attached to an aromatic ring is 1. The summed E-state index contributed by atoms with van der Waals surface area (Å²) < 4.78 is 5.22. The fourth-order valence-electron chi connectivity index (χ4n) is 2.89. The molecule has 2 aromatic rings. The topological polar surface area (TPSA) is 105 Å². The molecule has 1 heterocycles. The molecular weight excluding hydrogens is 350 g/mol. The van der Waals surface area contributed by atoms with Crippen LogP contribution < -0.4 is 11.1 Å². The van der Waals surface area contributed by atoms with Gasteiger partial charge in [-0.15, -0.1) is 11.3 Å². The van der Waals surface area contributed by atoms with Crippen molar-refractivity contribution in [3.05, 3.63) is 45.8 Å². The highest BCUT2D eigenvalue weighted by atomic mass is 32.1. The molecule has 1 aliphatic rings. The molecule has 0 spiro atoms. The van der Waals surface area contributed by atoms with Crippen LogP contribution in [-0.4, -0.2) is 18.0 Å². The van der Waals surface area contributed by atoms with Crippen LogP contribution in [-0.2, 0) is 22.4 Å². The highest BCUT2D eigenvalue weighted by molar-refractivity contribution is 7.16. The van der Waals surface area contributed by atoms with Crippen LogP contribution >= 0.6 is 11.3 Å². The summed E-state index contributed by atoms with van der Waals surface area (Å²) in [5.41, 5.74) is 8.04. The van der Waals surface area contributed by atoms with E-state index < -0.39 is 18.0 Å². The van der Waals surface area contributed by atoms with Gasteiger partial charge >= 0.3 is 5.97 Å². The number of thiophene rings is 1. The van der Waals surface area contributed by atoms with Gasteiger partial charge in [0.05, 0.1) is 11.1 Å². The number of esters is 1. The van der Waals surface area contributed by atoms with Gasteiger partial charge in [-0.05, 0) is 62.4 Å². The average Bonchev–Trinajstić information content (AvgIpc) is 2.99. The molecule has 1 atom stereocenters. The molecule has 0 saturated carbocycles. The van der Waals surface area contributed by atoms with Crippen molar-refractivity contribution in [1.82, 2.24) is 0 Å². The minimum absolute atomic E-state index is 0.322. The quantitative estimate of drug-likeness (QED) is 0.636. The van der Waals surface area contributed by atoms with Crippen molar-refractivity contribution < 1.29 is 14.3 Å². The number of hydrogen-bond acceptors (Lipinski definition) is 6. The van der Waals surface area contributed by atoms with Crippen LogP contribution in [0.3, 0.4) is 0 Å².